The van der Waals surface area contributed by atoms with Gasteiger partial charge in [0.2, 0.25) is 0 Å². The number of carbonyl (C=O) groups is 1. The summed E-state index contributed by atoms with van der Waals surface area (Å²) in [7, 11) is 0. The van der Waals surface area contributed by atoms with Crippen molar-refractivity contribution in [3.05, 3.63) is 0 Å². The minimum absolute atomic E-state index is 0.0978. The lowest BCUT2D eigenvalue weighted by Crippen LogP contribution is -2.52. The number of rotatable bonds is 3. The van der Waals surface area contributed by atoms with Crippen molar-refractivity contribution in [1.29, 1.82) is 5.26 Å². The molecule has 0 N–H and O–H groups in total. The van der Waals surface area contributed by atoms with Crippen molar-refractivity contribution in [2.24, 2.45) is 35.0 Å². The highest BCUT2D eigenvalue weighted by atomic mass is 16.1. The fourth-order valence-corrected chi connectivity index (χ4v) is 5.25. The first-order chi connectivity index (χ1) is 8.54. The van der Waals surface area contributed by atoms with Crippen molar-refractivity contribution >= 4 is 5.78 Å². The van der Waals surface area contributed by atoms with Gasteiger partial charge in [-0.15, -0.1) is 0 Å². The predicted molar refractivity (Wildman–Crippen MR) is 69.6 cm³/mol. The summed E-state index contributed by atoms with van der Waals surface area (Å²) >= 11 is 0. The molecule has 0 amide bonds. The van der Waals surface area contributed by atoms with Crippen molar-refractivity contribution in [2.45, 2.75) is 52.4 Å². The van der Waals surface area contributed by atoms with E-state index in [1.165, 1.54) is 19.3 Å². The number of carbonyl (C=O) groups excluding carboxylic acids is 1. The van der Waals surface area contributed by atoms with E-state index < -0.39 is 0 Å². The summed E-state index contributed by atoms with van der Waals surface area (Å²) in [5.74, 6) is 2.43. The molecule has 4 saturated carbocycles. The van der Waals surface area contributed by atoms with E-state index in [0.717, 1.165) is 37.0 Å². The molecule has 0 aromatic heterocycles. The quantitative estimate of drug-likeness (QED) is 0.762. The summed E-state index contributed by atoms with van der Waals surface area (Å²) < 4.78 is 0. The second-order valence-electron chi connectivity index (χ2n) is 7.41. The Morgan fingerprint density at radius 2 is 1.56 bits per heavy atom. The summed E-state index contributed by atoms with van der Waals surface area (Å²) in [5, 5.41) is 9.30. The summed E-state index contributed by atoms with van der Waals surface area (Å²) in [5.41, 5.74) is -0.0978. The van der Waals surface area contributed by atoms with Crippen LogP contribution in [0.25, 0.3) is 0 Å². The Morgan fingerprint density at radius 3 is 1.89 bits per heavy atom. The third-order valence-electron chi connectivity index (χ3n) is 5.65. The van der Waals surface area contributed by atoms with E-state index in [1.54, 1.807) is 0 Å². The average molecular weight is 245 g/mol. The molecule has 0 saturated heterocycles. The molecule has 4 aliphatic carbocycles. The van der Waals surface area contributed by atoms with Crippen molar-refractivity contribution in [3.63, 3.8) is 0 Å². The Labute approximate surface area is 110 Å². The SMILES string of the molecule is CC(C)C(C#N)C(=O)C12CC3CC(CC(C3)C1)C2. The Balaban J connectivity index is 1.87. The fraction of sp³-hybridized carbons (Fsp3) is 0.875. The summed E-state index contributed by atoms with van der Waals surface area (Å²) in [6.07, 6.45) is 7.32. The zero-order valence-corrected chi connectivity index (χ0v) is 11.5. The van der Waals surface area contributed by atoms with Gasteiger partial charge in [0.15, 0.2) is 5.78 Å². The van der Waals surface area contributed by atoms with Crippen molar-refractivity contribution in [3.8, 4) is 6.07 Å². The number of nitrogens with zero attached hydrogens (tertiary/aromatic N) is 1. The minimum atomic E-state index is -0.374. The lowest BCUT2D eigenvalue weighted by Gasteiger charge is -2.56. The first-order valence-electron chi connectivity index (χ1n) is 7.48. The van der Waals surface area contributed by atoms with Crippen LogP contribution in [0, 0.1) is 46.3 Å². The van der Waals surface area contributed by atoms with E-state index in [1.807, 2.05) is 13.8 Å². The zero-order chi connectivity index (χ0) is 12.9. The smallest absolute Gasteiger partial charge is 0.156 e. The standard InChI is InChI=1S/C16H23NO/c1-10(2)14(9-17)15(18)16-6-11-3-12(7-16)5-13(4-11)8-16/h10-14H,3-8H2,1-2H3. The normalized spacial score (nSPS) is 42.9. The molecule has 4 bridgehead atoms. The molecule has 0 spiro atoms. The summed E-state index contributed by atoms with van der Waals surface area (Å²) in [6, 6.07) is 2.28. The van der Waals surface area contributed by atoms with Crippen LogP contribution in [-0.4, -0.2) is 5.78 Å². The van der Waals surface area contributed by atoms with E-state index in [0.29, 0.717) is 5.78 Å². The molecule has 2 nitrogen and oxygen atoms in total. The van der Waals surface area contributed by atoms with Gasteiger partial charge in [0.1, 0.15) is 5.92 Å². The van der Waals surface area contributed by atoms with Crippen LogP contribution in [0.5, 0.6) is 0 Å². The van der Waals surface area contributed by atoms with Crippen molar-refractivity contribution in [1.82, 2.24) is 0 Å². The largest absolute Gasteiger partial charge is 0.298 e. The number of nitriles is 1. The minimum Gasteiger partial charge on any atom is -0.298 e. The summed E-state index contributed by atoms with van der Waals surface area (Å²) in [6.45, 7) is 4.01. The van der Waals surface area contributed by atoms with E-state index in [9.17, 15) is 10.1 Å². The van der Waals surface area contributed by atoms with Gasteiger partial charge in [-0.2, -0.15) is 5.26 Å². The molecule has 4 fully saturated rings. The fourth-order valence-electron chi connectivity index (χ4n) is 5.25. The van der Waals surface area contributed by atoms with Crippen molar-refractivity contribution < 1.29 is 4.79 Å². The highest BCUT2D eigenvalue weighted by Crippen LogP contribution is 2.61. The molecule has 1 atom stereocenters. The molecule has 0 radical (unpaired) electrons. The van der Waals surface area contributed by atoms with E-state index >= 15 is 0 Å². The molecule has 4 rings (SSSR count). The second kappa shape index (κ2) is 4.08. The molecule has 0 heterocycles. The lowest BCUT2D eigenvalue weighted by molar-refractivity contribution is -0.147. The molecule has 0 aliphatic heterocycles. The van der Waals surface area contributed by atoms with Crippen LogP contribution in [0.4, 0.5) is 0 Å². The molecule has 1 unspecified atom stereocenters. The molecule has 4 aliphatic rings. The first-order valence-corrected chi connectivity index (χ1v) is 7.48. The van der Waals surface area contributed by atoms with E-state index in [-0.39, 0.29) is 17.3 Å². The number of hydrogen-bond acceptors (Lipinski definition) is 2. The molecule has 0 aromatic rings. The van der Waals surface area contributed by atoms with Gasteiger partial charge in [0.25, 0.3) is 0 Å². The van der Waals surface area contributed by atoms with Crippen LogP contribution >= 0.6 is 0 Å². The van der Waals surface area contributed by atoms with Gasteiger partial charge >= 0.3 is 0 Å². The monoisotopic (exact) mass is 245 g/mol. The molecular formula is C16H23NO. The lowest BCUT2D eigenvalue weighted by atomic mass is 9.47. The Kier molecular flexibility index (Phi) is 2.77. The first kappa shape index (κ1) is 12.2. The maximum absolute atomic E-state index is 12.8. The molecular weight excluding hydrogens is 222 g/mol. The van der Waals surface area contributed by atoms with Gasteiger partial charge in [0, 0.05) is 5.41 Å². The predicted octanol–water partition coefficient (Wildman–Crippen LogP) is 3.57. The molecule has 98 valence electrons. The van der Waals surface area contributed by atoms with Crippen molar-refractivity contribution in [2.75, 3.05) is 0 Å². The Bertz CT molecular complexity index is 369. The zero-order valence-electron chi connectivity index (χ0n) is 11.5. The Morgan fingerprint density at radius 1 is 1.11 bits per heavy atom. The number of hydrogen-bond donors (Lipinski definition) is 0. The van der Waals surface area contributed by atoms with Crippen LogP contribution < -0.4 is 0 Å². The van der Waals surface area contributed by atoms with Crippen LogP contribution in [-0.2, 0) is 4.79 Å². The third-order valence-corrected chi connectivity index (χ3v) is 5.65. The van der Waals surface area contributed by atoms with Gasteiger partial charge in [-0.05, 0) is 62.2 Å². The highest BCUT2D eigenvalue weighted by molar-refractivity contribution is 5.89. The highest BCUT2D eigenvalue weighted by Gasteiger charge is 2.55. The van der Waals surface area contributed by atoms with Crippen LogP contribution in [0.3, 0.4) is 0 Å². The number of ketones is 1. The van der Waals surface area contributed by atoms with Gasteiger partial charge in [-0.1, -0.05) is 13.8 Å². The maximum Gasteiger partial charge on any atom is 0.156 e. The molecule has 18 heavy (non-hydrogen) atoms. The topological polar surface area (TPSA) is 40.9 Å². The van der Waals surface area contributed by atoms with E-state index in [4.69, 9.17) is 0 Å². The Hall–Kier alpha value is -0.840. The van der Waals surface area contributed by atoms with Gasteiger partial charge in [-0.25, -0.2) is 0 Å². The van der Waals surface area contributed by atoms with Crippen LogP contribution in [0.1, 0.15) is 52.4 Å². The van der Waals surface area contributed by atoms with E-state index in [2.05, 4.69) is 6.07 Å². The molecule has 2 heteroatoms. The average Bonchev–Trinajstić information content (AvgIpc) is 2.27. The second-order valence-corrected chi connectivity index (χ2v) is 7.41. The van der Waals surface area contributed by atoms with Gasteiger partial charge in [-0.3, -0.25) is 4.79 Å². The summed E-state index contributed by atoms with van der Waals surface area (Å²) in [4.78, 5) is 12.8. The van der Waals surface area contributed by atoms with Gasteiger partial charge in [0.05, 0.1) is 6.07 Å². The number of Topliss-reactive ketones (excluding diaryl/α,β-unsaturated/α-hetero) is 1. The maximum atomic E-state index is 12.8. The van der Waals surface area contributed by atoms with Gasteiger partial charge < -0.3 is 0 Å². The molecule has 0 aromatic carbocycles. The third kappa shape index (κ3) is 1.71. The van der Waals surface area contributed by atoms with Crippen LogP contribution in [0.15, 0.2) is 0 Å². The van der Waals surface area contributed by atoms with Crippen LogP contribution in [0.2, 0.25) is 0 Å².